The summed E-state index contributed by atoms with van der Waals surface area (Å²) in [4.78, 5) is 42.4. The fourth-order valence-electron chi connectivity index (χ4n) is 4.82. The smallest absolute Gasteiger partial charge is 0.327 e. The Hall–Kier alpha value is -3.23. The maximum atomic E-state index is 12.5. The van der Waals surface area contributed by atoms with E-state index in [0.717, 1.165) is 48.3 Å². The van der Waals surface area contributed by atoms with Crippen molar-refractivity contribution in [1.82, 2.24) is 9.97 Å². The lowest BCUT2D eigenvalue weighted by molar-refractivity contribution is -0.137. The third kappa shape index (κ3) is 5.40. The summed E-state index contributed by atoms with van der Waals surface area (Å²) in [6.45, 7) is 2.71. The van der Waals surface area contributed by atoms with Crippen molar-refractivity contribution in [3.05, 3.63) is 38.5 Å². The van der Waals surface area contributed by atoms with Gasteiger partial charge in [-0.1, -0.05) is 32.1 Å². The normalized spacial score (nSPS) is 15.1. The number of aromatic nitrogens is 2. The molecule has 4 rings (SSSR count). The summed E-state index contributed by atoms with van der Waals surface area (Å²) in [6.07, 6.45) is 9.38. The van der Waals surface area contributed by atoms with Crippen molar-refractivity contribution in [3.8, 4) is 0 Å². The molecule has 1 saturated carbocycles. The maximum Gasteiger partial charge on any atom is 0.327 e. The van der Waals surface area contributed by atoms with Gasteiger partial charge in [-0.15, -0.1) is 0 Å². The molecule has 0 bridgehead atoms. The molecule has 5 N–H and O–H groups in total. The van der Waals surface area contributed by atoms with Crippen LogP contribution in [0.5, 0.6) is 0 Å². The number of anilines is 5. The molecule has 33 heavy (non-hydrogen) atoms. The first-order chi connectivity index (χ1) is 15.9. The van der Waals surface area contributed by atoms with Gasteiger partial charge in [-0.05, 0) is 50.3 Å². The first-order valence-corrected chi connectivity index (χ1v) is 12.0. The van der Waals surface area contributed by atoms with Crippen molar-refractivity contribution in [3.63, 3.8) is 0 Å². The number of unbranched alkanes of at least 4 members (excludes halogenated alkanes) is 4. The van der Waals surface area contributed by atoms with Gasteiger partial charge in [0.2, 0.25) is 0 Å². The Kier molecular flexibility index (Phi) is 7.05. The van der Waals surface area contributed by atoms with Crippen LogP contribution >= 0.6 is 0 Å². The zero-order chi connectivity index (χ0) is 23.4. The number of benzene rings is 1. The highest BCUT2D eigenvalue weighted by Gasteiger charge is 2.27. The monoisotopic (exact) mass is 455 g/mol. The molecule has 1 fully saturated rings. The van der Waals surface area contributed by atoms with E-state index in [0.29, 0.717) is 30.5 Å². The number of H-pyrrole nitrogens is 2. The van der Waals surface area contributed by atoms with E-state index in [1.165, 1.54) is 25.7 Å². The number of carboxylic acids is 1. The quantitative estimate of drug-likeness (QED) is 0.337. The molecule has 0 amide bonds. The van der Waals surface area contributed by atoms with Gasteiger partial charge in [-0.2, -0.15) is 0 Å². The maximum absolute atomic E-state index is 12.5. The molecular formula is C24H33N5O4. The molecule has 2 heterocycles. The fraction of sp³-hybridized carbons (Fsp3) is 0.542. The van der Waals surface area contributed by atoms with Crippen LogP contribution in [0.4, 0.5) is 28.6 Å². The minimum absolute atomic E-state index is 0.207. The van der Waals surface area contributed by atoms with Gasteiger partial charge >= 0.3 is 11.7 Å². The van der Waals surface area contributed by atoms with Crippen LogP contribution in [-0.4, -0.2) is 33.6 Å². The van der Waals surface area contributed by atoms with E-state index in [1.54, 1.807) is 0 Å². The molecule has 0 unspecified atom stereocenters. The lowest BCUT2D eigenvalue weighted by atomic mass is 10.1. The highest BCUT2D eigenvalue weighted by atomic mass is 16.4. The summed E-state index contributed by atoms with van der Waals surface area (Å²) >= 11 is 0. The van der Waals surface area contributed by atoms with Crippen molar-refractivity contribution < 1.29 is 9.90 Å². The number of hydrogen-bond acceptors (Lipinski definition) is 6. The Balaban J connectivity index is 1.55. The predicted octanol–water partition coefficient (Wildman–Crippen LogP) is 4.35. The molecule has 1 aromatic carbocycles. The van der Waals surface area contributed by atoms with Gasteiger partial charge in [0.15, 0.2) is 0 Å². The summed E-state index contributed by atoms with van der Waals surface area (Å²) in [5, 5.41) is 15.7. The second-order valence-corrected chi connectivity index (χ2v) is 9.13. The number of aryl methyl sites for hydroxylation is 1. The van der Waals surface area contributed by atoms with Crippen molar-refractivity contribution >= 4 is 34.5 Å². The minimum atomic E-state index is -0.754. The first-order valence-electron chi connectivity index (χ1n) is 12.0. The summed E-state index contributed by atoms with van der Waals surface area (Å²) in [7, 11) is 0. The van der Waals surface area contributed by atoms with Crippen LogP contribution in [0, 0.1) is 6.92 Å². The van der Waals surface area contributed by atoms with Crippen molar-refractivity contribution in [2.75, 3.05) is 22.1 Å². The molecule has 1 aliphatic carbocycles. The molecule has 1 aliphatic heterocycles. The molecule has 0 radical (unpaired) electrons. The zero-order valence-corrected chi connectivity index (χ0v) is 19.1. The van der Waals surface area contributed by atoms with Crippen LogP contribution < -0.4 is 26.8 Å². The van der Waals surface area contributed by atoms with Crippen molar-refractivity contribution in [2.45, 2.75) is 77.2 Å². The van der Waals surface area contributed by atoms with E-state index in [9.17, 15) is 14.4 Å². The number of aromatic amines is 2. The zero-order valence-electron chi connectivity index (χ0n) is 19.1. The Labute approximate surface area is 192 Å². The number of carboxylic acid groups (broad SMARTS) is 1. The van der Waals surface area contributed by atoms with Gasteiger partial charge in [0.05, 0.1) is 11.4 Å². The van der Waals surface area contributed by atoms with Gasteiger partial charge in [0.1, 0.15) is 11.5 Å². The molecule has 2 aliphatic rings. The Morgan fingerprint density at radius 3 is 2.58 bits per heavy atom. The predicted molar refractivity (Wildman–Crippen MR) is 130 cm³/mol. The van der Waals surface area contributed by atoms with E-state index >= 15 is 0 Å². The van der Waals surface area contributed by atoms with E-state index in [1.807, 2.05) is 4.90 Å². The standard InChI is InChI=1S/C24H33N5O4/c1-15-13-18-19(14-17(15)25-16-9-6-7-10-16)29(12-8-4-2-3-5-11-20(30)31)22-21(26-18)23(32)28-24(33)27-22/h13-14,16,25-26H,2-12H2,1H3,(H,30,31)(H2,27,28,32,33). The van der Waals surface area contributed by atoms with Crippen molar-refractivity contribution in [1.29, 1.82) is 0 Å². The minimum Gasteiger partial charge on any atom is -0.481 e. The highest BCUT2D eigenvalue weighted by Crippen LogP contribution is 2.43. The van der Waals surface area contributed by atoms with E-state index < -0.39 is 17.2 Å². The molecule has 9 nitrogen and oxygen atoms in total. The number of rotatable bonds is 10. The molecule has 1 aromatic heterocycles. The van der Waals surface area contributed by atoms with Gasteiger partial charge in [0, 0.05) is 24.7 Å². The first kappa shape index (κ1) is 22.9. The molecule has 0 saturated heterocycles. The van der Waals surface area contributed by atoms with Crippen LogP contribution in [-0.2, 0) is 4.79 Å². The third-order valence-corrected chi connectivity index (χ3v) is 6.57. The molecule has 178 valence electrons. The van der Waals surface area contributed by atoms with Crippen LogP contribution in [0.25, 0.3) is 0 Å². The number of carbonyl (C=O) groups is 1. The number of nitrogens with zero attached hydrogens (tertiary/aromatic N) is 1. The number of fused-ring (bicyclic) bond motifs is 2. The summed E-state index contributed by atoms with van der Waals surface area (Å²) < 4.78 is 0. The van der Waals surface area contributed by atoms with Crippen LogP contribution in [0.15, 0.2) is 21.7 Å². The van der Waals surface area contributed by atoms with Crippen LogP contribution in [0.1, 0.15) is 69.8 Å². The topological polar surface area (TPSA) is 130 Å². The molecule has 0 atom stereocenters. The van der Waals surface area contributed by atoms with E-state index in [2.05, 4.69) is 39.7 Å². The van der Waals surface area contributed by atoms with Gasteiger partial charge in [-0.3, -0.25) is 19.6 Å². The lowest BCUT2D eigenvalue weighted by Gasteiger charge is -2.33. The summed E-state index contributed by atoms with van der Waals surface area (Å²) in [6, 6.07) is 4.65. The Bertz CT molecular complexity index is 1120. The number of hydrogen-bond donors (Lipinski definition) is 5. The highest BCUT2D eigenvalue weighted by molar-refractivity contribution is 5.91. The molecule has 2 aromatic rings. The Morgan fingerprint density at radius 2 is 1.82 bits per heavy atom. The Morgan fingerprint density at radius 1 is 1.09 bits per heavy atom. The van der Waals surface area contributed by atoms with Gasteiger partial charge in [-0.25, -0.2) is 4.79 Å². The third-order valence-electron chi connectivity index (χ3n) is 6.57. The van der Waals surface area contributed by atoms with Crippen LogP contribution in [0.3, 0.4) is 0 Å². The largest absolute Gasteiger partial charge is 0.481 e. The molecule has 0 spiro atoms. The second kappa shape index (κ2) is 10.1. The summed E-state index contributed by atoms with van der Waals surface area (Å²) in [5.41, 5.74) is 3.34. The second-order valence-electron chi connectivity index (χ2n) is 9.13. The van der Waals surface area contributed by atoms with E-state index in [-0.39, 0.29) is 6.42 Å². The molecular weight excluding hydrogens is 422 g/mol. The SMILES string of the molecule is Cc1cc2c(cc1NC1CCCC1)N(CCCCCCCC(=O)O)c1[nH]c(=O)[nH]c(=O)c1N2. The average molecular weight is 456 g/mol. The average Bonchev–Trinajstić information content (AvgIpc) is 3.27. The van der Waals surface area contributed by atoms with Crippen molar-refractivity contribution in [2.24, 2.45) is 0 Å². The number of nitrogens with one attached hydrogen (secondary N) is 4. The van der Waals surface area contributed by atoms with Gasteiger partial charge < -0.3 is 20.6 Å². The molecule has 9 heteroatoms. The van der Waals surface area contributed by atoms with E-state index in [4.69, 9.17) is 5.11 Å². The summed E-state index contributed by atoms with van der Waals surface area (Å²) in [5.74, 6) is -0.270. The number of aliphatic carboxylic acids is 1. The lowest BCUT2D eigenvalue weighted by Crippen LogP contribution is -2.34. The fourth-order valence-corrected chi connectivity index (χ4v) is 4.82. The van der Waals surface area contributed by atoms with Gasteiger partial charge in [0.25, 0.3) is 5.56 Å². The van der Waals surface area contributed by atoms with Crippen LogP contribution in [0.2, 0.25) is 0 Å².